The van der Waals surface area contributed by atoms with Crippen molar-refractivity contribution in [1.29, 1.82) is 5.26 Å². The van der Waals surface area contributed by atoms with Crippen LogP contribution in [-0.4, -0.2) is 34.8 Å². The van der Waals surface area contributed by atoms with Crippen LogP contribution in [0.4, 0.5) is 5.13 Å². The lowest BCUT2D eigenvalue weighted by atomic mass is 10.1. The Morgan fingerprint density at radius 3 is 2.62 bits per heavy atom. The molecule has 1 heterocycles. The largest absolute Gasteiger partial charge is 0.490 e. The number of aryl methyl sites for hydroxylation is 1. The van der Waals surface area contributed by atoms with Crippen LogP contribution >= 0.6 is 11.3 Å². The molecule has 40 heavy (non-hydrogen) atoms. The minimum Gasteiger partial charge on any atom is -0.490 e. The van der Waals surface area contributed by atoms with Gasteiger partial charge in [-0.25, -0.2) is 5.43 Å². The maximum atomic E-state index is 12.3. The number of nitriles is 1. The van der Waals surface area contributed by atoms with Crippen LogP contribution in [0.5, 0.6) is 11.5 Å². The molecule has 0 aliphatic heterocycles. The van der Waals surface area contributed by atoms with Crippen molar-refractivity contribution in [2.45, 2.75) is 26.9 Å². The van der Waals surface area contributed by atoms with Crippen molar-refractivity contribution in [3.63, 3.8) is 0 Å². The van der Waals surface area contributed by atoms with Crippen LogP contribution in [0.1, 0.15) is 44.5 Å². The summed E-state index contributed by atoms with van der Waals surface area (Å²) in [5.74, 6) is 0.357. The zero-order chi connectivity index (χ0) is 28.3. The molecular formula is C29H26N6O4S. The lowest BCUT2D eigenvalue weighted by Gasteiger charge is -2.13. The molecule has 0 bridgehead atoms. The Balaban J connectivity index is 1.30. The molecule has 2 amide bonds. The zero-order valence-corrected chi connectivity index (χ0v) is 22.7. The van der Waals surface area contributed by atoms with E-state index in [1.807, 2.05) is 38.1 Å². The van der Waals surface area contributed by atoms with Crippen LogP contribution in [0.2, 0.25) is 0 Å². The molecule has 0 saturated carbocycles. The molecule has 0 aliphatic carbocycles. The Labute approximate surface area is 235 Å². The van der Waals surface area contributed by atoms with Crippen molar-refractivity contribution in [2.75, 3.05) is 11.9 Å². The number of carbonyl (C=O) groups excluding carboxylic acids is 2. The third kappa shape index (κ3) is 7.72. The fourth-order valence-electron chi connectivity index (χ4n) is 3.51. The third-order valence-corrected chi connectivity index (χ3v) is 6.34. The number of ether oxygens (including phenoxy) is 2. The summed E-state index contributed by atoms with van der Waals surface area (Å²) in [6, 6.07) is 21.8. The van der Waals surface area contributed by atoms with Gasteiger partial charge in [0.1, 0.15) is 11.6 Å². The van der Waals surface area contributed by atoms with Gasteiger partial charge in [0.25, 0.3) is 5.91 Å². The normalized spacial score (nSPS) is 10.6. The molecule has 11 heteroatoms. The van der Waals surface area contributed by atoms with Gasteiger partial charge in [-0.15, -0.1) is 10.2 Å². The Kier molecular flexibility index (Phi) is 9.53. The second kappa shape index (κ2) is 13.6. The molecule has 4 aromatic rings. The van der Waals surface area contributed by atoms with Gasteiger partial charge in [0.2, 0.25) is 11.0 Å². The number of aromatic nitrogens is 2. The molecule has 2 N–H and O–H groups in total. The van der Waals surface area contributed by atoms with Gasteiger partial charge in [0.05, 0.1) is 30.9 Å². The second-order valence-electron chi connectivity index (χ2n) is 8.49. The summed E-state index contributed by atoms with van der Waals surface area (Å²) in [6.45, 7) is 4.45. The van der Waals surface area contributed by atoms with Crippen LogP contribution in [-0.2, 0) is 17.8 Å². The molecule has 1 aromatic heterocycles. The highest BCUT2D eigenvalue weighted by Crippen LogP contribution is 2.29. The van der Waals surface area contributed by atoms with Crippen LogP contribution in [0.15, 0.2) is 71.8 Å². The Morgan fingerprint density at radius 1 is 1.05 bits per heavy atom. The summed E-state index contributed by atoms with van der Waals surface area (Å²) in [6.07, 6.45) is 1.44. The summed E-state index contributed by atoms with van der Waals surface area (Å²) < 4.78 is 11.6. The molecule has 0 aliphatic rings. The molecule has 3 aromatic carbocycles. The number of anilines is 1. The maximum Gasteiger partial charge on any atom is 0.257 e. The summed E-state index contributed by atoms with van der Waals surface area (Å²) in [4.78, 5) is 24.7. The fourth-order valence-corrected chi connectivity index (χ4v) is 4.24. The molecule has 0 saturated heterocycles. The number of hydrogen-bond donors (Lipinski definition) is 2. The minimum absolute atomic E-state index is 0.0451. The van der Waals surface area contributed by atoms with Gasteiger partial charge in [-0.05, 0) is 55.8 Å². The molecule has 4 rings (SSSR count). The SMILES string of the molecule is CCOc1cc(/C=N/NC(=O)Cc2nnc(NC(=O)c3ccc(C)cc3)s2)ccc1OCc1ccccc1C#N. The van der Waals surface area contributed by atoms with Crippen molar-refractivity contribution in [3.8, 4) is 17.6 Å². The quantitative estimate of drug-likeness (QED) is 0.203. The fraction of sp³-hybridized carbons (Fsp3) is 0.172. The smallest absolute Gasteiger partial charge is 0.257 e. The summed E-state index contributed by atoms with van der Waals surface area (Å²) in [7, 11) is 0. The van der Waals surface area contributed by atoms with Gasteiger partial charge in [0.15, 0.2) is 11.5 Å². The number of rotatable bonds is 11. The van der Waals surface area contributed by atoms with Gasteiger partial charge in [0, 0.05) is 11.1 Å². The van der Waals surface area contributed by atoms with E-state index in [2.05, 4.69) is 32.1 Å². The summed E-state index contributed by atoms with van der Waals surface area (Å²) in [5.41, 5.74) is 6.04. The van der Waals surface area contributed by atoms with E-state index in [1.165, 1.54) is 6.21 Å². The standard InChI is InChI=1S/C29H26N6O4S/c1-3-38-25-14-20(10-13-24(25)39-18-23-7-5-4-6-22(23)16-30)17-31-33-26(36)15-27-34-35-29(40-27)32-28(37)21-11-8-19(2)9-12-21/h4-14,17H,3,15,18H2,1-2H3,(H,33,36)(H,32,35,37)/b31-17+. The Bertz CT molecular complexity index is 1560. The van der Waals surface area contributed by atoms with Gasteiger partial charge in [-0.1, -0.05) is 47.2 Å². The second-order valence-corrected chi connectivity index (χ2v) is 9.55. The molecule has 0 fully saturated rings. The van der Waals surface area contributed by atoms with Gasteiger partial charge < -0.3 is 9.47 Å². The molecular weight excluding hydrogens is 528 g/mol. The first-order valence-electron chi connectivity index (χ1n) is 12.3. The van der Waals surface area contributed by atoms with Crippen molar-refractivity contribution < 1.29 is 19.1 Å². The van der Waals surface area contributed by atoms with Crippen LogP contribution in [0, 0.1) is 18.3 Å². The van der Waals surface area contributed by atoms with E-state index < -0.39 is 0 Å². The molecule has 0 spiro atoms. The number of hydrogen-bond acceptors (Lipinski definition) is 9. The highest BCUT2D eigenvalue weighted by Gasteiger charge is 2.13. The first-order valence-corrected chi connectivity index (χ1v) is 13.2. The lowest BCUT2D eigenvalue weighted by Crippen LogP contribution is -2.19. The Hall–Kier alpha value is -5.08. The van der Waals surface area contributed by atoms with E-state index in [9.17, 15) is 14.9 Å². The number of nitrogens with one attached hydrogen (secondary N) is 2. The van der Waals surface area contributed by atoms with E-state index in [4.69, 9.17) is 9.47 Å². The average Bonchev–Trinajstić information content (AvgIpc) is 3.39. The molecule has 202 valence electrons. The predicted octanol–water partition coefficient (Wildman–Crippen LogP) is 4.64. The van der Waals surface area contributed by atoms with Crippen molar-refractivity contribution in [2.24, 2.45) is 5.10 Å². The van der Waals surface area contributed by atoms with Gasteiger partial charge >= 0.3 is 0 Å². The summed E-state index contributed by atoms with van der Waals surface area (Å²) in [5, 5.41) is 24.6. The number of hydrazone groups is 1. The molecule has 0 radical (unpaired) electrons. The van der Waals surface area contributed by atoms with E-state index in [0.29, 0.717) is 44.9 Å². The van der Waals surface area contributed by atoms with Gasteiger partial charge in [-0.3, -0.25) is 14.9 Å². The van der Waals surface area contributed by atoms with Crippen molar-refractivity contribution in [1.82, 2.24) is 15.6 Å². The average molecular weight is 555 g/mol. The van der Waals surface area contributed by atoms with Crippen LogP contribution in [0.3, 0.4) is 0 Å². The van der Waals surface area contributed by atoms with Gasteiger partial charge in [-0.2, -0.15) is 10.4 Å². The lowest BCUT2D eigenvalue weighted by molar-refractivity contribution is -0.120. The third-order valence-electron chi connectivity index (χ3n) is 5.50. The first-order chi connectivity index (χ1) is 19.4. The minimum atomic E-state index is -0.384. The van der Waals surface area contributed by atoms with Crippen LogP contribution < -0.4 is 20.2 Å². The number of carbonyl (C=O) groups is 2. The first kappa shape index (κ1) is 27.9. The van der Waals surface area contributed by atoms with E-state index in [1.54, 1.807) is 42.5 Å². The van der Waals surface area contributed by atoms with Crippen molar-refractivity contribution in [3.05, 3.63) is 99.6 Å². The number of nitrogens with zero attached hydrogens (tertiary/aromatic N) is 4. The Morgan fingerprint density at radius 2 is 1.85 bits per heavy atom. The maximum absolute atomic E-state index is 12.3. The highest BCUT2D eigenvalue weighted by atomic mass is 32.1. The predicted molar refractivity (Wildman–Crippen MR) is 152 cm³/mol. The van der Waals surface area contributed by atoms with Crippen LogP contribution in [0.25, 0.3) is 0 Å². The zero-order valence-electron chi connectivity index (χ0n) is 21.9. The number of benzene rings is 3. The highest BCUT2D eigenvalue weighted by molar-refractivity contribution is 7.15. The summed E-state index contributed by atoms with van der Waals surface area (Å²) >= 11 is 1.12. The van der Waals surface area contributed by atoms with E-state index in [-0.39, 0.29) is 24.8 Å². The van der Waals surface area contributed by atoms with Crippen molar-refractivity contribution >= 4 is 34.5 Å². The monoisotopic (exact) mass is 554 g/mol. The topological polar surface area (TPSA) is 139 Å². The van der Waals surface area contributed by atoms with E-state index in [0.717, 1.165) is 22.5 Å². The molecule has 0 atom stereocenters. The number of amides is 2. The molecule has 0 unspecified atom stereocenters. The van der Waals surface area contributed by atoms with E-state index >= 15 is 0 Å². The molecule has 10 nitrogen and oxygen atoms in total.